The predicted octanol–water partition coefficient (Wildman–Crippen LogP) is -0.0483. The Labute approximate surface area is 105 Å². The van der Waals surface area contributed by atoms with Crippen molar-refractivity contribution in [3.8, 4) is 0 Å². The van der Waals surface area contributed by atoms with Gasteiger partial charge in [-0.3, -0.25) is 4.90 Å². The standard InChI is InChI=1S/C11H25N3O2S/c1-4-13(5-2)11-6-8-14(10-11)17(15,16)9-7-12-3/h11-12H,4-10H2,1-3H3. The number of hydrogen-bond donors (Lipinski definition) is 1. The molecule has 1 aliphatic rings. The van der Waals surface area contributed by atoms with Crippen LogP contribution in [0.25, 0.3) is 0 Å². The van der Waals surface area contributed by atoms with Crippen LogP contribution in [0.2, 0.25) is 0 Å². The molecule has 0 aromatic rings. The SMILES string of the molecule is CCN(CC)C1CCN(S(=O)(=O)CCNC)C1. The van der Waals surface area contributed by atoms with E-state index in [1.807, 2.05) is 0 Å². The molecule has 1 atom stereocenters. The fourth-order valence-electron chi connectivity index (χ4n) is 2.36. The van der Waals surface area contributed by atoms with Gasteiger partial charge in [0.25, 0.3) is 0 Å². The van der Waals surface area contributed by atoms with Gasteiger partial charge in [0, 0.05) is 25.7 Å². The Morgan fingerprint density at radius 2 is 2.00 bits per heavy atom. The van der Waals surface area contributed by atoms with E-state index in [-0.39, 0.29) is 5.75 Å². The fourth-order valence-corrected chi connectivity index (χ4v) is 3.86. The van der Waals surface area contributed by atoms with E-state index in [1.54, 1.807) is 11.4 Å². The summed E-state index contributed by atoms with van der Waals surface area (Å²) in [6.07, 6.45) is 0.959. The molecule has 1 unspecified atom stereocenters. The third kappa shape index (κ3) is 3.91. The first-order valence-corrected chi connectivity index (χ1v) is 8.02. The van der Waals surface area contributed by atoms with Crippen LogP contribution in [0, 0.1) is 0 Å². The quantitative estimate of drug-likeness (QED) is 0.700. The first-order valence-electron chi connectivity index (χ1n) is 6.41. The van der Waals surface area contributed by atoms with E-state index in [0.717, 1.165) is 19.5 Å². The van der Waals surface area contributed by atoms with E-state index in [1.165, 1.54) is 0 Å². The summed E-state index contributed by atoms with van der Waals surface area (Å²) in [6, 6.07) is 0.398. The molecule has 17 heavy (non-hydrogen) atoms. The predicted molar refractivity (Wildman–Crippen MR) is 70.6 cm³/mol. The molecule has 0 amide bonds. The molecule has 0 aromatic heterocycles. The second kappa shape index (κ2) is 6.68. The lowest BCUT2D eigenvalue weighted by molar-refractivity contribution is 0.224. The molecule has 0 spiro atoms. The lowest BCUT2D eigenvalue weighted by atomic mass is 10.2. The molecule has 5 nitrogen and oxygen atoms in total. The van der Waals surface area contributed by atoms with Gasteiger partial charge in [-0.05, 0) is 26.6 Å². The van der Waals surface area contributed by atoms with Crippen LogP contribution in [0.1, 0.15) is 20.3 Å². The van der Waals surface area contributed by atoms with Crippen LogP contribution in [0.15, 0.2) is 0 Å². The first-order chi connectivity index (χ1) is 8.05. The molecule has 1 rings (SSSR count). The second-order valence-electron chi connectivity index (χ2n) is 4.44. The smallest absolute Gasteiger partial charge is 0.215 e. The molecule has 1 N–H and O–H groups in total. The summed E-state index contributed by atoms with van der Waals surface area (Å²) in [5.74, 6) is 0.203. The van der Waals surface area contributed by atoms with Crippen molar-refractivity contribution in [3.05, 3.63) is 0 Å². The Morgan fingerprint density at radius 1 is 1.35 bits per heavy atom. The highest BCUT2D eigenvalue weighted by atomic mass is 32.2. The van der Waals surface area contributed by atoms with Crippen LogP contribution in [-0.4, -0.2) is 69.2 Å². The number of nitrogens with zero attached hydrogens (tertiary/aromatic N) is 2. The molecule has 0 radical (unpaired) electrons. The molecule has 0 aliphatic carbocycles. The van der Waals surface area contributed by atoms with E-state index in [2.05, 4.69) is 24.1 Å². The first kappa shape index (κ1) is 14.9. The van der Waals surface area contributed by atoms with Crippen molar-refractivity contribution in [3.63, 3.8) is 0 Å². The molecular weight excluding hydrogens is 238 g/mol. The maximum Gasteiger partial charge on any atom is 0.215 e. The van der Waals surface area contributed by atoms with Crippen LogP contribution in [0.3, 0.4) is 0 Å². The van der Waals surface area contributed by atoms with E-state index in [9.17, 15) is 8.42 Å². The normalized spacial score (nSPS) is 22.5. The van der Waals surface area contributed by atoms with Crippen LogP contribution in [0.4, 0.5) is 0 Å². The van der Waals surface area contributed by atoms with Gasteiger partial charge in [0.15, 0.2) is 0 Å². The minimum atomic E-state index is -3.06. The number of rotatable bonds is 7. The van der Waals surface area contributed by atoms with Gasteiger partial charge in [0.2, 0.25) is 10.0 Å². The maximum absolute atomic E-state index is 12.0. The second-order valence-corrected chi connectivity index (χ2v) is 6.53. The minimum absolute atomic E-state index is 0.203. The zero-order valence-corrected chi connectivity index (χ0v) is 12.0. The zero-order valence-electron chi connectivity index (χ0n) is 11.1. The maximum atomic E-state index is 12.0. The van der Waals surface area contributed by atoms with Gasteiger partial charge >= 0.3 is 0 Å². The molecule has 1 aliphatic heterocycles. The Hall–Kier alpha value is -0.170. The molecule has 0 bridgehead atoms. The summed E-state index contributed by atoms with van der Waals surface area (Å²) < 4.78 is 25.7. The molecule has 1 fully saturated rings. The van der Waals surface area contributed by atoms with Crippen molar-refractivity contribution >= 4 is 10.0 Å². The summed E-state index contributed by atoms with van der Waals surface area (Å²) in [4.78, 5) is 2.34. The van der Waals surface area contributed by atoms with Gasteiger partial charge in [0.1, 0.15) is 0 Å². The molecule has 1 heterocycles. The third-order valence-corrected chi connectivity index (χ3v) is 5.30. The zero-order chi connectivity index (χ0) is 12.9. The summed E-state index contributed by atoms with van der Waals surface area (Å²) in [5, 5.41) is 2.89. The average molecular weight is 263 g/mol. The number of sulfonamides is 1. The number of nitrogens with one attached hydrogen (secondary N) is 1. The highest BCUT2D eigenvalue weighted by Crippen LogP contribution is 2.18. The Kier molecular flexibility index (Phi) is 5.85. The topological polar surface area (TPSA) is 52.7 Å². The largest absolute Gasteiger partial charge is 0.319 e. The Morgan fingerprint density at radius 3 is 2.53 bits per heavy atom. The summed E-state index contributed by atoms with van der Waals surface area (Å²) in [5.41, 5.74) is 0. The van der Waals surface area contributed by atoms with Crippen molar-refractivity contribution in [1.29, 1.82) is 0 Å². The van der Waals surface area contributed by atoms with E-state index < -0.39 is 10.0 Å². The molecule has 6 heteroatoms. The molecular formula is C11H25N3O2S. The van der Waals surface area contributed by atoms with Crippen molar-refractivity contribution in [2.45, 2.75) is 26.3 Å². The van der Waals surface area contributed by atoms with Gasteiger partial charge in [-0.25, -0.2) is 12.7 Å². The Balaban J connectivity index is 2.54. The minimum Gasteiger partial charge on any atom is -0.319 e. The lowest BCUT2D eigenvalue weighted by Crippen LogP contribution is -2.40. The van der Waals surface area contributed by atoms with Crippen LogP contribution >= 0.6 is 0 Å². The Bertz CT molecular complexity index is 315. The van der Waals surface area contributed by atoms with Gasteiger partial charge in [-0.2, -0.15) is 0 Å². The van der Waals surface area contributed by atoms with Gasteiger partial charge in [-0.1, -0.05) is 13.8 Å². The highest BCUT2D eigenvalue weighted by Gasteiger charge is 2.32. The van der Waals surface area contributed by atoms with E-state index in [0.29, 0.717) is 25.7 Å². The van der Waals surface area contributed by atoms with Crippen molar-refractivity contribution in [1.82, 2.24) is 14.5 Å². The van der Waals surface area contributed by atoms with E-state index in [4.69, 9.17) is 0 Å². The van der Waals surface area contributed by atoms with Gasteiger partial charge in [-0.15, -0.1) is 0 Å². The van der Waals surface area contributed by atoms with Crippen molar-refractivity contribution in [2.75, 3.05) is 45.5 Å². The summed E-state index contributed by atoms with van der Waals surface area (Å²) in [7, 11) is -1.28. The third-order valence-electron chi connectivity index (χ3n) is 3.46. The summed E-state index contributed by atoms with van der Waals surface area (Å²) >= 11 is 0. The van der Waals surface area contributed by atoms with Crippen molar-refractivity contribution < 1.29 is 8.42 Å². The molecule has 102 valence electrons. The lowest BCUT2D eigenvalue weighted by Gasteiger charge is -2.26. The summed E-state index contributed by atoms with van der Waals surface area (Å²) in [6.45, 7) is 8.09. The van der Waals surface area contributed by atoms with Crippen LogP contribution in [-0.2, 0) is 10.0 Å². The van der Waals surface area contributed by atoms with Gasteiger partial charge in [0.05, 0.1) is 5.75 Å². The molecule has 0 saturated carbocycles. The fraction of sp³-hybridized carbons (Fsp3) is 1.00. The molecule has 1 saturated heterocycles. The van der Waals surface area contributed by atoms with Crippen LogP contribution in [0.5, 0.6) is 0 Å². The number of hydrogen-bond acceptors (Lipinski definition) is 4. The average Bonchev–Trinajstić information content (AvgIpc) is 2.78. The van der Waals surface area contributed by atoms with Gasteiger partial charge < -0.3 is 5.32 Å². The van der Waals surface area contributed by atoms with Crippen LogP contribution < -0.4 is 5.32 Å². The monoisotopic (exact) mass is 263 g/mol. The van der Waals surface area contributed by atoms with Crippen molar-refractivity contribution in [2.24, 2.45) is 0 Å². The number of likely N-dealkylation sites (N-methyl/N-ethyl adjacent to an activating group) is 1. The van der Waals surface area contributed by atoms with E-state index >= 15 is 0 Å². The highest BCUT2D eigenvalue weighted by molar-refractivity contribution is 7.89. The molecule has 0 aromatic carbocycles.